The summed E-state index contributed by atoms with van der Waals surface area (Å²) in [5, 5.41) is 10.5. The van der Waals surface area contributed by atoms with Gasteiger partial charge in [-0.1, -0.05) is 30.3 Å². The molecule has 0 radical (unpaired) electrons. The molecule has 2 aliphatic heterocycles. The molecule has 126 valence electrons. The number of hydrogen-bond donors (Lipinski definition) is 1. The van der Waals surface area contributed by atoms with Gasteiger partial charge in [0.05, 0.1) is 12.7 Å². The number of ether oxygens (including phenoxy) is 1. The van der Waals surface area contributed by atoms with E-state index in [4.69, 9.17) is 4.74 Å². The number of likely N-dealkylation sites (N-methyl/N-ethyl adjacent to an activating group) is 1. The average molecular weight is 318 g/mol. The molecule has 3 atom stereocenters. The van der Waals surface area contributed by atoms with Gasteiger partial charge in [-0.25, -0.2) is 0 Å². The Labute approximate surface area is 137 Å². The summed E-state index contributed by atoms with van der Waals surface area (Å²) in [6.07, 6.45) is 1.67. The molecule has 0 bridgehead atoms. The number of aliphatic hydroxyl groups is 1. The van der Waals surface area contributed by atoms with E-state index in [0.717, 1.165) is 31.5 Å². The molecule has 1 amide bonds. The summed E-state index contributed by atoms with van der Waals surface area (Å²) >= 11 is 0. The van der Waals surface area contributed by atoms with Crippen LogP contribution in [0.5, 0.6) is 0 Å². The molecule has 1 aromatic carbocycles. The molecule has 3 rings (SSSR count). The average Bonchev–Trinajstić information content (AvgIpc) is 3.03. The van der Waals surface area contributed by atoms with Crippen LogP contribution in [0.4, 0.5) is 0 Å². The van der Waals surface area contributed by atoms with Crippen molar-refractivity contribution in [2.75, 3.05) is 33.3 Å². The number of carbonyl (C=O) groups is 1. The van der Waals surface area contributed by atoms with Crippen LogP contribution in [-0.4, -0.2) is 66.2 Å². The van der Waals surface area contributed by atoms with E-state index in [2.05, 4.69) is 4.90 Å². The van der Waals surface area contributed by atoms with Crippen molar-refractivity contribution in [3.05, 3.63) is 35.9 Å². The van der Waals surface area contributed by atoms with Crippen LogP contribution >= 0.6 is 0 Å². The van der Waals surface area contributed by atoms with Crippen molar-refractivity contribution in [2.24, 2.45) is 0 Å². The molecule has 5 nitrogen and oxygen atoms in total. The highest BCUT2D eigenvalue weighted by Crippen LogP contribution is 2.28. The van der Waals surface area contributed by atoms with Crippen molar-refractivity contribution in [3.8, 4) is 0 Å². The van der Waals surface area contributed by atoms with Crippen LogP contribution in [0.1, 0.15) is 30.9 Å². The van der Waals surface area contributed by atoms with Gasteiger partial charge in [0.2, 0.25) is 0 Å². The molecule has 2 heterocycles. The summed E-state index contributed by atoms with van der Waals surface area (Å²) < 4.78 is 5.67. The van der Waals surface area contributed by atoms with Crippen LogP contribution in [0.3, 0.4) is 0 Å². The predicted molar refractivity (Wildman–Crippen MR) is 88.0 cm³/mol. The van der Waals surface area contributed by atoms with Gasteiger partial charge in [0.1, 0.15) is 6.10 Å². The highest BCUT2D eigenvalue weighted by molar-refractivity contribution is 5.82. The fourth-order valence-electron chi connectivity index (χ4n) is 3.55. The van der Waals surface area contributed by atoms with Gasteiger partial charge in [-0.3, -0.25) is 4.79 Å². The van der Waals surface area contributed by atoms with E-state index in [0.29, 0.717) is 19.6 Å². The molecule has 0 aromatic heterocycles. The van der Waals surface area contributed by atoms with E-state index in [1.807, 2.05) is 42.3 Å². The number of likely N-dealkylation sites (tertiary alicyclic amines) is 1. The number of morpholine rings is 1. The fourth-order valence-corrected chi connectivity index (χ4v) is 3.55. The Morgan fingerprint density at radius 1 is 1.35 bits per heavy atom. The molecule has 3 unspecified atom stereocenters. The second kappa shape index (κ2) is 7.43. The van der Waals surface area contributed by atoms with E-state index in [1.54, 1.807) is 0 Å². The maximum atomic E-state index is 12.8. The lowest BCUT2D eigenvalue weighted by Crippen LogP contribution is -2.51. The molecule has 2 saturated heterocycles. The van der Waals surface area contributed by atoms with Gasteiger partial charge in [0.15, 0.2) is 0 Å². The summed E-state index contributed by atoms with van der Waals surface area (Å²) in [6.45, 7) is 2.91. The van der Waals surface area contributed by atoms with E-state index < -0.39 is 6.10 Å². The second-order valence-corrected chi connectivity index (χ2v) is 6.61. The Morgan fingerprint density at radius 3 is 2.87 bits per heavy atom. The van der Waals surface area contributed by atoms with Crippen molar-refractivity contribution in [2.45, 2.75) is 37.5 Å². The number of rotatable bonds is 4. The molecule has 2 fully saturated rings. The molecule has 2 aliphatic rings. The molecular weight excluding hydrogens is 292 g/mol. The van der Waals surface area contributed by atoms with Crippen LogP contribution in [0.25, 0.3) is 0 Å². The Balaban J connectivity index is 1.62. The molecule has 23 heavy (non-hydrogen) atoms. The molecule has 1 N–H and O–H groups in total. The van der Waals surface area contributed by atoms with Crippen molar-refractivity contribution in [1.29, 1.82) is 0 Å². The molecule has 0 saturated carbocycles. The highest BCUT2D eigenvalue weighted by atomic mass is 16.5. The van der Waals surface area contributed by atoms with Gasteiger partial charge in [-0.15, -0.1) is 0 Å². The first-order valence-corrected chi connectivity index (χ1v) is 8.49. The topological polar surface area (TPSA) is 53.0 Å². The van der Waals surface area contributed by atoms with Crippen LogP contribution in [0.15, 0.2) is 30.3 Å². The first-order chi connectivity index (χ1) is 11.1. The Bertz CT molecular complexity index is 522. The lowest BCUT2D eigenvalue weighted by molar-refractivity contribution is -0.150. The summed E-state index contributed by atoms with van der Waals surface area (Å²) in [4.78, 5) is 16.8. The third-order valence-corrected chi connectivity index (χ3v) is 4.88. The monoisotopic (exact) mass is 318 g/mol. The zero-order valence-corrected chi connectivity index (χ0v) is 13.7. The zero-order chi connectivity index (χ0) is 16.2. The lowest BCUT2D eigenvalue weighted by atomic mass is 10.0. The maximum absolute atomic E-state index is 12.8. The van der Waals surface area contributed by atoms with E-state index >= 15 is 0 Å². The van der Waals surface area contributed by atoms with Crippen LogP contribution < -0.4 is 0 Å². The third kappa shape index (κ3) is 3.91. The molecule has 0 aliphatic carbocycles. The molecular formula is C18H26N2O3. The number of amides is 1. The van der Waals surface area contributed by atoms with Crippen molar-refractivity contribution >= 4 is 5.91 Å². The van der Waals surface area contributed by atoms with Gasteiger partial charge in [-0.2, -0.15) is 0 Å². The number of aliphatic hydroxyl groups excluding tert-OH is 1. The Kier molecular flexibility index (Phi) is 5.30. The predicted octanol–water partition coefficient (Wildman–Crippen LogP) is 1.43. The van der Waals surface area contributed by atoms with Crippen LogP contribution in [0.2, 0.25) is 0 Å². The minimum atomic E-state index is -0.524. The third-order valence-electron chi connectivity index (χ3n) is 4.88. The first-order valence-electron chi connectivity index (χ1n) is 8.49. The van der Waals surface area contributed by atoms with E-state index in [-0.39, 0.29) is 18.1 Å². The van der Waals surface area contributed by atoms with Gasteiger partial charge < -0.3 is 19.6 Å². The number of nitrogens with zero attached hydrogens (tertiary/aromatic N) is 2. The summed E-state index contributed by atoms with van der Waals surface area (Å²) in [6, 6.07) is 9.78. The van der Waals surface area contributed by atoms with Crippen LogP contribution in [0, 0.1) is 0 Å². The normalized spacial score (nSPS) is 27.1. The summed E-state index contributed by atoms with van der Waals surface area (Å²) in [5.41, 5.74) is 0.917. The lowest BCUT2D eigenvalue weighted by Gasteiger charge is -2.34. The largest absolute Gasteiger partial charge is 0.388 e. The number of carbonyl (C=O) groups excluding carboxylic acids is 1. The SMILES string of the molecule is CN1CCOC(C(=O)N2CCCC2CC(O)c2ccccc2)C1. The first kappa shape index (κ1) is 16.4. The zero-order valence-electron chi connectivity index (χ0n) is 13.7. The molecule has 0 spiro atoms. The fraction of sp³-hybridized carbons (Fsp3) is 0.611. The Morgan fingerprint density at radius 2 is 2.13 bits per heavy atom. The van der Waals surface area contributed by atoms with Gasteiger partial charge >= 0.3 is 0 Å². The summed E-state index contributed by atoms with van der Waals surface area (Å²) in [7, 11) is 2.02. The number of benzene rings is 1. The van der Waals surface area contributed by atoms with Gasteiger partial charge in [0, 0.05) is 25.7 Å². The molecule has 5 heteroatoms. The van der Waals surface area contributed by atoms with E-state index in [9.17, 15) is 9.90 Å². The highest BCUT2D eigenvalue weighted by Gasteiger charge is 2.36. The van der Waals surface area contributed by atoms with E-state index in [1.165, 1.54) is 0 Å². The van der Waals surface area contributed by atoms with Crippen LogP contribution in [-0.2, 0) is 9.53 Å². The Hall–Kier alpha value is -1.43. The smallest absolute Gasteiger partial charge is 0.253 e. The standard InChI is InChI=1S/C18H26N2O3/c1-19-10-11-23-17(13-19)18(22)20-9-5-8-15(20)12-16(21)14-6-3-2-4-7-14/h2-4,6-7,15-17,21H,5,8-13H2,1H3. The molecule has 1 aromatic rings. The van der Waals surface area contributed by atoms with Crippen molar-refractivity contribution in [3.63, 3.8) is 0 Å². The number of hydrogen-bond acceptors (Lipinski definition) is 4. The minimum Gasteiger partial charge on any atom is -0.388 e. The minimum absolute atomic E-state index is 0.0827. The van der Waals surface area contributed by atoms with Gasteiger partial charge in [0.25, 0.3) is 5.91 Å². The second-order valence-electron chi connectivity index (χ2n) is 6.61. The maximum Gasteiger partial charge on any atom is 0.253 e. The summed E-state index contributed by atoms with van der Waals surface area (Å²) in [5.74, 6) is 0.0827. The van der Waals surface area contributed by atoms with Crippen molar-refractivity contribution in [1.82, 2.24) is 9.80 Å². The van der Waals surface area contributed by atoms with Gasteiger partial charge in [-0.05, 0) is 31.9 Å². The van der Waals surface area contributed by atoms with Crippen molar-refractivity contribution < 1.29 is 14.6 Å². The quantitative estimate of drug-likeness (QED) is 0.912.